The molecule has 0 aromatic carbocycles. The van der Waals surface area contributed by atoms with Crippen LogP contribution in [0, 0.1) is 5.41 Å². The molecule has 4 nitrogen and oxygen atoms in total. The Kier molecular flexibility index (Phi) is 3.83. The molecule has 18 heavy (non-hydrogen) atoms. The van der Waals surface area contributed by atoms with Crippen LogP contribution in [0.1, 0.15) is 20.3 Å². The minimum absolute atomic E-state index is 0.135. The Morgan fingerprint density at radius 1 is 1.44 bits per heavy atom. The first-order valence-corrected chi connectivity index (χ1v) is 7.85. The highest BCUT2D eigenvalue weighted by atomic mass is 32.2. The van der Waals surface area contributed by atoms with Crippen molar-refractivity contribution in [1.82, 2.24) is 9.80 Å². The van der Waals surface area contributed by atoms with Crippen molar-refractivity contribution in [3.63, 3.8) is 0 Å². The molecule has 0 bridgehead atoms. The molecule has 1 unspecified atom stereocenters. The summed E-state index contributed by atoms with van der Waals surface area (Å²) in [5.74, 6) is 3.15. The van der Waals surface area contributed by atoms with E-state index in [2.05, 4.69) is 42.7 Å². The highest BCUT2D eigenvalue weighted by molar-refractivity contribution is 7.99. The van der Waals surface area contributed by atoms with Crippen molar-refractivity contribution in [3.8, 4) is 0 Å². The minimum atomic E-state index is 0.135. The van der Waals surface area contributed by atoms with Gasteiger partial charge in [-0.25, -0.2) is 0 Å². The van der Waals surface area contributed by atoms with Crippen LogP contribution in [0.4, 0.5) is 0 Å². The smallest absolute Gasteiger partial charge is 0.191 e. The van der Waals surface area contributed by atoms with E-state index in [9.17, 15) is 0 Å². The lowest BCUT2D eigenvalue weighted by Gasteiger charge is -2.53. The van der Waals surface area contributed by atoms with Gasteiger partial charge >= 0.3 is 0 Å². The van der Waals surface area contributed by atoms with Gasteiger partial charge in [0, 0.05) is 18.8 Å². The molecular weight excluding hydrogens is 244 g/mol. The molecule has 0 amide bonds. The van der Waals surface area contributed by atoms with Crippen LogP contribution in [0.3, 0.4) is 0 Å². The van der Waals surface area contributed by atoms with Crippen LogP contribution in [-0.4, -0.2) is 66.5 Å². The molecule has 2 N–H and O–H groups in total. The fourth-order valence-electron chi connectivity index (χ4n) is 2.93. The predicted octanol–water partition coefficient (Wildman–Crippen LogP) is 1.08. The summed E-state index contributed by atoms with van der Waals surface area (Å²) in [5.41, 5.74) is 6.56. The number of guanidine groups is 1. The molecule has 2 rings (SSSR count). The summed E-state index contributed by atoms with van der Waals surface area (Å²) in [7, 11) is 4.22. The normalized spacial score (nSPS) is 31.2. The maximum absolute atomic E-state index is 6.14. The van der Waals surface area contributed by atoms with Crippen molar-refractivity contribution in [2.24, 2.45) is 16.1 Å². The summed E-state index contributed by atoms with van der Waals surface area (Å²) < 4.78 is 0. The number of hydrogen-bond acceptors (Lipinski definition) is 5. The Hall–Kier alpha value is -0.420. The Morgan fingerprint density at radius 2 is 2.17 bits per heavy atom. The van der Waals surface area contributed by atoms with E-state index in [1.807, 2.05) is 11.8 Å². The number of nitrogens with zero attached hydrogens (tertiary/aromatic N) is 3. The van der Waals surface area contributed by atoms with Crippen molar-refractivity contribution >= 4 is 17.7 Å². The predicted molar refractivity (Wildman–Crippen MR) is 80.2 cm³/mol. The lowest BCUT2D eigenvalue weighted by molar-refractivity contribution is 0.0618. The molecule has 1 spiro atoms. The van der Waals surface area contributed by atoms with E-state index < -0.39 is 0 Å². The minimum Gasteiger partial charge on any atom is -0.370 e. The first-order chi connectivity index (χ1) is 8.39. The molecule has 5 heteroatoms. The van der Waals surface area contributed by atoms with E-state index >= 15 is 0 Å². The van der Waals surface area contributed by atoms with E-state index in [-0.39, 0.29) is 11.0 Å². The molecule has 1 saturated heterocycles. The lowest BCUT2D eigenvalue weighted by Crippen LogP contribution is -2.64. The summed E-state index contributed by atoms with van der Waals surface area (Å²) >= 11 is 2.05. The van der Waals surface area contributed by atoms with E-state index in [0.29, 0.717) is 0 Å². The van der Waals surface area contributed by atoms with Crippen molar-refractivity contribution < 1.29 is 0 Å². The zero-order valence-electron chi connectivity index (χ0n) is 12.1. The van der Waals surface area contributed by atoms with Gasteiger partial charge in [-0.2, -0.15) is 11.8 Å². The molecule has 0 aromatic heterocycles. The van der Waals surface area contributed by atoms with Gasteiger partial charge in [-0.05, 0) is 31.7 Å². The van der Waals surface area contributed by atoms with E-state index in [4.69, 9.17) is 5.73 Å². The Bertz CT molecular complexity index is 340. The topological polar surface area (TPSA) is 44.9 Å². The zero-order chi connectivity index (χ0) is 13.4. The first kappa shape index (κ1) is 14.0. The molecule has 2 aliphatic heterocycles. The maximum Gasteiger partial charge on any atom is 0.191 e. The molecule has 104 valence electrons. The van der Waals surface area contributed by atoms with Gasteiger partial charge in [-0.3, -0.25) is 4.99 Å². The largest absolute Gasteiger partial charge is 0.370 e. The Balaban J connectivity index is 2.20. The van der Waals surface area contributed by atoms with Gasteiger partial charge in [0.2, 0.25) is 0 Å². The van der Waals surface area contributed by atoms with Crippen molar-refractivity contribution in [1.29, 1.82) is 0 Å². The van der Waals surface area contributed by atoms with Crippen molar-refractivity contribution in [2.45, 2.75) is 25.8 Å². The monoisotopic (exact) mass is 270 g/mol. The average molecular weight is 270 g/mol. The number of thioether (sulfide) groups is 1. The number of likely N-dealkylation sites (N-methyl/N-ethyl adjacent to an activating group) is 1. The summed E-state index contributed by atoms with van der Waals surface area (Å²) in [4.78, 5) is 9.14. The average Bonchev–Trinajstić information content (AvgIpc) is 2.59. The van der Waals surface area contributed by atoms with Gasteiger partial charge in [-0.1, -0.05) is 13.8 Å². The summed E-state index contributed by atoms with van der Waals surface area (Å²) in [6.07, 6.45) is 1.25. The van der Waals surface area contributed by atoms with Gasteiger partial charge in [0.05, 0.1) is 12.1 Å². The Morgan fingerprint density at radius 3 is 2.78 bits per heavy atom. The summed E-state index contributed by atoms with van der Waals surface area (Å²) in [6, 6.07) is 0. The fourth-order valence-corrected chi connectivity index (χ4v) is 4.70. The van der Waals surface area contributed by atoms with E-state index in [1.165, 1.54) is 12.2 Å². The molecular formula is C13H26N4S. The molecule has 0 radical (unpaired) electrons. The highest BCUT2D eigenvalue weighted by Crippen LogP contribution is 2.47. The second-order valence-corrected chi connectivity index (χ2v) is 7.45. The molecule has 2 heterocycles. The van der Waals surface area contributed by atoms with Crippen LogP contribution in [0.15, 0.2) is 4.99 Å². The van der Waals surface area contributed by atoms with Gasteiger partial charge in [0.1, 0.15) is 0 Å². The van der Waals surface area contributed by atoms with Crippen LogP contribution >= 0.6 is 11.8 Å². The van der Waals surface area contributed by atoms with Crippen molar-refractivity contribution in [3.05, 3.63) is 0 Å². The van der Waals surface area contributed by atoms with Gasteiger partial charge in [-0.15, -0.1) is 0 Å². The van der Waals surface area contributed by atoms with E-state index in [1.54, 1.807) is 0 Å². The van der Waals surface area contributed by atoms with Gasteiger partial charge in [0.25, 0.3) is 0 Å². The van der Waals surface area contributed by atoms with Crippen LogP contribution in [0.25, 0.3) is 0 Å². The zero-order valence-corrected chi connectivity index (χ0v) is 12.9. The fraction of sp³-hybridized carbons (Fsp3) is 0.923. The maximum atomic E-state index is 6.14. The summed E-state index contributed by atoms with van der Waals surface area (Å²) in [6.45, 7) is 7.63. The third-order valence-corrected chi connectivity index (χ3v) is 5.71. The van der Waals surface area contributed by atoms with Crippen LogP contribution in [0.5, 0.6) is 0 Å². The van der Waals surface area contributed by atoms with Gasteiger partial charge < -0.3 is 15.5 Å². The van der Waals surface area contributed by atoms with E-state index in [0.717, 1.165) is 31.3 Å². The molecule has 0 aromatic rings. The number of hydrogen-bond donors (Lipinski definition) is 1. The quantitative estimate of drug-likeness (QED) is 0.833. The first-order valence-electron chi connectivity index (χ1n) is 6.69. The standard InChI is InChI=1S/C13H26N4S/c1-12(2)5-8-18-10-13(12)9-15-11(14)17(13)7-6-16(3)4/h5-10H2,1-4H3,(H2,14,15). The van der Waals surface area contributed by atoms with Crippen LogP contribution in [-0.2, 0) is 0 Å². The molecule has 2 aliphatic rings. The number of rotatable bonds is 3. The van der Waals surface area contributed by atoms with Crippen LogP contribution < -0.4 is 5.73 Å². The molecule has 1 fully saturated rings. The highest BCUT2D eigenvalue weighted by Gasteiger charge is 2.54. The summed E-state index contributed by atoms with van der Waals surface area (Å²) in [5, 5.41) is 0. The second kappa shape index (κ2) is 4.93. The third kappa shape index (κ3) is 2.23. The van der Waals surface area contributed by atoms with Gasteiger partial charge in [0.15, 0.2) is 5.96 Å². The molecule has 0 saturated carbocycles. The third-order valence-electron chi connectivity index (χ3n) is 4.54. The van der Waals surface area contributed by atoms with Crippen molar-refractivity contribution in [2.75, 3.05) is 45.2 Å². The SMILES string of the molecule is CN(C)CCN1C(N)=NCC12CSCCC2(C)C. The molecule has 1 atom stereocenters. The number of aliphatic imine (C=N–C) groups is 1. The number of nitrogens with two attached hydrogens (primary N) is 1. The Labute approximate surface area is 115 Å². The molecule has 0 aliphatic carbocycles. The van der Waals surface area contributed by atoms with Crippen LogP contribution in [0.2, 0.25) is 0 Å². The lowest BCUT2D eigenvalue weighted by atomic mass is 9.70. The second-order valence-electron chi connectivity index (χ2n) is 6.35.